The number of carboxylic acid groups (broad SMARTS) is 1. The van der Waals surface area contributed by atoms with Gasteiger partial charge in [0, 0.05) is 35.4 Å². The summed E-state index contributed by atoms with van der Waals surface area (Å²) in [7, 11) is 0. The fourth-order valence-corrected chi connectivity index (χ4v) is 3.59. The van der Waals surface area contributed by atoms with Crippen molar-refractivity contribution in [3.05, 3.63) is 42.4 Å². The molecule has 9 heteroatoms. The number of allylic oxidation sites excluding steroid dienone is 1. The minimum atomic E-state index is -0.836. The fourth-order valence-electron chi connectivity index (χ4n) is 3.33. The molecule has 0 amide bonds. The van der Waals surface area contributed by atoms with Crippen LogP contribution in [0, 0.1) is 0 Å². The fraction of sp³-hybridized carbons (Fsp3) is 0.333. The number of nitrogens with zero attached hydrogens (tertiary/aromatic N) is 4. The second-order valence-electron chi connectivity index (χ2n) is 7.23. The van der Waals surface area contributed by atoms with Crippen LogP contribution in [-0.2, 0) is 16.1 Å². The van der Waals surface area contributed by atoms with Crippen LogP contribution in [0.1, 0.15) is 26.2 Å². The molecule has 30 heavy (non-hydrogen) atoms. The predicted molar refractivity (Wildman–Crippen MR) is 114 cm³/mol. The van der Waals surface area contributed by atoms with Gasteiger partial charge in [0.15, 0.2) is 6.23 Å². The summed E-state index contributed by atoms with van der Waals surface area (Å²) in [6.45, 7) is 4.25. The lowest BCUT2D eigenvalue weighted by molar-refractivity contribution is -0.137. The number of benzene rings is 1. The van der Waals surface area contributed by atoms with Crippen molar-refractivity contribution in [1.82, 2.24) is 14.7 Å². The van der Waals surface area contributed by atoms with Crippen molar-refractivity contribution in [2.75, 3.05) is 0 Å². The molecule has 4 rings (SSSR count). The molecule has 1 aromatic carbocycles. The van der Waals surface area contributed by atoms with Gasteiger partial charge in [0.25, 0.3) is 5.89 Å². The number of aliphatic imine (C=N–C) groups is 1. The number of hydrogen-bond donors (Lipinski definition) is 1. The number of aryl methyl sites for hydroxylation is 1. The van der Waals surface area contributed by atoms with Gasteiger partial charge < -0.3 is 18.9 Å². The Morgan fingerprint density at radius 2 is 2.20 bits per heavy atom. The molecule has 2 unspecified atom stereocenters. The van der Waals surface area contributed by atoms with Crippen molar-refractivity contribution in [3.63, 3.8) is 0 Å². The molecule has 2 aromatic heterocycles. The third kappa shape index (κ3) is 4.15. The zero-order valence-electron chi connectivity index (χ0n) is 16.5. The Morgan fingerprint density at radius 3 is 2.93 bits per heavy atom. The smallest absolute Gasteiger partial charge is 0.305 e. The Kier molecular flexibility index (Phi) is 5.69. The van der Waals surface area contributed by atoms with Gasteiger partial charge in [0.2, 0.25) is 5.82 Å². The zero-order valence-corrected chi connectivity index (χ0v) is 17.3. The van der Waals surface area contributed by atoms with E-state index in [9.17, 15) is 4.79 Å². The molecule has 1 N–H and O–H groups in total. The average Bonchev–Trinajstić information content (AvgIpc) is 3.34. The number of fused-ring (bicyclic) bond motifs is 1. The van der Waals surface area contributed by atoms with Gasteiger partial charge in [-0.2, -0.15) is 4.98 Å². The van der Waals surface area contributed by atoms with E-state index >= 15 is 0 Å². The van der Waals surface area contributed by atoms with E-state index in [1.54, 1.807) is 12.3 Å². The topological polar surface area (TPSA) is 103 Å². The first-order valence-corrected chi connectivity index (χ1v) is 10.0. The standard InChI is InChI=1S/C21H21ClN4O4/c1-12(2)29-21-16(22)10-13(11-23-21)20-24-19(25-30-20)15-4-3-5-17-14(15)6-8-26(17)9-7-18(27)28/h3-6,8,10-12,16,21H,7,9H2,1-2H3,(H,27,28). The number of carboxylic acids is 1. The molecule has 1 aliphatic heterocycles. The van der Waals surface area contributed by atoms with Gasteiger partial charge in [-0.15, -0.1) is 11.6 Å². The van der Waals surface area contributed by atoms with Crippen molar-refractivity contribution in [2.45, 2.75) is 44.5 Å². The van der Waals surface area contributed by atoms with Crippen LogP contribution >= 0.6 is 11.6 Å². The van der Waals surface area contributed by atoms with E-state index in [4.69, 9.17) is 26.0 Å². The van der Waals surface area contributed by atoms with Gasteiger partial charge >= 0.3 is 5.97 Å². The Labute approximate surface area is 177 Å². The second-order valence-corrected chi connectivity index (χ2v) is 7.74. The maximum atomic E-state index is 10.9. The number of aliphatic carboxylic acids is 1. The Hall–Kier alpha value is -2.97. The monoisotopic (exact) mass is 428 g/mol. The van der Waals surface area contributed by atoms with E-state index in [0.29, 0.717) is 23.8 Å². The third-order valence-electron chi connectivity index (χ3n) is 4.68. The lowest BCUT2D eigenvalue weighted by atomic mass is 10.1. The van der Waals surface area contributed by atoms with Gasteiger partial charge in [-0.1, -0.05) is 17.3 Å². The third-order valence-corrected chi connectivity index (χ3v) is 5.02. The molecular formula is C21H21ClN4O4. The summed E-state index contributed by atoms with van der Waals surface area (Å²) in [5.41, 5.74) is 2.35. The van der Waals surface area contributed by atoms with Crippen LogP contribution in [0.3, 0.4) is 0 Å². The highest BCUT2D eigenvalue weighted by molar-refractivity contribution is 6.24. The minimum absolute atomic E-state index is 0.0154. The average molecular weight is 429 g/mol. The summed E-state index contributed by atoms with van der Waals surface area (Å²) in [6, 6.07) is 7.64. The first-order valence-electron chi connectivity index (χ1n) is 9.61. The van der Waals surface area contributed by atoms with E-state index in [0.717, 1.165) is 16.5 Å². The van der Waals surface area contributed by atoms with E-state index in [2.05, 4.69) is 15.1 Å². The quantitative estimate of drug-likeness (QED) is 0.570. The van der Waals surface area contributed by atoms with E-state index in [-0.39, 0.29) is 12.5 Å². The first kappa shape index (κ1) is 20.3. The number of rotatable bonds is 7. The number of aromatic nitrogens is 3. The molecule has 0 saturated heterocycles. The van der Waals surface area contributed by atoms with Gasteiger partial charge in [0.05, 0.1) is 23.5 Å². The number of hydrogen-bond acceptors (Lipinski definition) is 6. The Balaban J connectivity index is 1.60. The van der Waals surface area contributed by atoms with Gasteiger partial charge in [-0.25, -0.2) is 0 Å². The number of halogens is 1. The highest BCUT2D eigenvalue weighted by Crippen LogP contribution is 2.29. The summed E-state index contributed by atoms with van der Waals surface area (Å²) < 4.78 is 13.0. The predicted octanol–water partition coefficient (Wildman–Crippen LogP) is 3.99. The highest BCUT2D eigenvalue weighted by Gasteiger charge is 2.25. The first-order chi connectivity index (χ1) is 14.4. The lowest BCUT2D eigenvalue weighted by Gasteiger charge is -2.22. The second kappa shape index (κ2) is 8.41. The number of carbonyl (C=O) groups is 1. The van der Waals surface area contributed by atoms with Crippen LogP contribution in [0.15, 0.2) is 46.1 Å². The Morgan fingerprint density at radius 1 is 1.37 bits per heavy atom. The molecule has 156 valence electrons. The summed E-state index contributed by atoms with van der Waals surface area (Å²) >= 11 is 6.38. The van der Waals surface area contributed by atoms with Gasteiger partial charge in [-0.3, -0.25) is 9.79 Å². The van der Waals surface area contributed by atoms with Crippen LogP contribution in [0.2, 0.25) is 0 Å². The van der Waals surface area contributed by atoms with Crippen LogP contribution in [0.25, 0.3) is 27.9 Å². The summed E-state index contributed by atoms with van der Waals surface area (Å²) in [5.74, 6) is -0.0749. The molecule has 0 aliphatic carbocycles. The molecule has 3 aromatic rings. The van der Waals surface area contributed by atoms with E-state index in [1.807, 2.05) is 48.9 Å². The lowest BCUT2D eigenvalue weighted by Crippen LogP contribution is -2.27. The maximum absolute atomic E-state index is 10.9. The van der Waals surface area contributed by atoms with Crippen molar-refractivity contribution in [3.8, 4) is 11.4 Å². The highest BCUT2D eigenvalue weighted by atomic mass is 35.5. The van der Waals surface area contributed by atoms with Crippen LogP contribution < -0.4 is 0 Å². The van der Waals surface area contributed by atoms with Crippen molar-refractivity contribution in [2.24, 2.45) is 4.99 Å². The number of ether oxygens (including phenoxy) is 1. The summed E-state index contributed by atoms with van der Waals surface area (Å²) in [4.78, 5) is 19.8. The molecule has 8 nitrogen and oxygen atoms in total. The molecule has 0 bridgehead atoms. The van der Waals surface area contributed by atoms with Gasteiger partial charge in [-0.05, 0) is 32.1 Å². The maximum Gasteiger partial charge on any atom is 0.305 e. The van der Waals surface area contributed by atoms with Crippen molar-refractivity contribution < 1.29 is 19.2 Å². The Bertz CT molecular complexity index is 1130. The van der Waals surface area contributed by atoms with E-state index in [1.165, 1.54) is 0 Å². The largest absolute Gasteiger partial charge is 0.481 e. The number of dihydropyridines is 1. The van der Waals surface area contributed by atoms with E-state index < -0.39 is 17.6 Å². The minimum Gasteiger partial charge on any atom is -0.481 e. The molecule has 2 atom stereocenters. The van der Waals surface area contributed by atoms with Gasteiger partial charge in [0.1, 0.15) is 0 Å². The van der Waals surface area contributed by atoms with Crippen LogP contribution in [0.4, 0.5) is 0 Å². The molecule has 3 heterocycles. The van der Waals surface area contributed by atoms with Crippen LogP contribution in [-0.4, -0.2) is 49.7 Å². The summed E-state index contributed by atoms with van der Waals surface area (Å²) in [5, 5.41) is 13.5. The van der Waals surface area contributed by atoms with Crippen molar-refractivity contribution >= 4 is 40.3 Å². The van der Waals surface area contributed by atoms with Crippen molar-refractivity contribution in [1.29, 1.82) is 0 Å². The SMILES string of the molecule is CC(C)OC1N=CC(c2nc(-c3cccc4c3ccn4CCC(=O)O)no2)=CC1Cl. The molecule has 0 saturated carbocycles. The molecule has 1 aliphatic rings. The molecular weight excluding hydrogens is 408 g/mol. The molecule has 0 radical (unpaired) electrons. The number of alkyl halides is 1. The van der Waals surface area contributed by atoms with Crippen LogP contribution in [0.5, 0.6) is 0 Å². The normalized spacial score (nSPS) is 18.9. The zero-order chi connectivity index (χ0) is 21.3. The molecule has 0 spiro atoms. The molecule has 0 fully saturated rings. The summed E-state index contributed by atoms with van der Waals surface area (Å²) in [6.07, 6.45) is 4.91.